The number of hydrogen-bond acceptors (Lipinski definition) is 3. The van der Waals surface area contributed by atoms with Gasteiger partial charge in [-0.25, -0.2) is 0 Å². The van der Waals surface area contributed by atoms with E-state index in [2.05, 4.69) is 5.32 Å². The summed E-state index contributed by atoms with van der Waals surface area (Å²) in [7, 11) is 0. The molecule has 0 bridgehead atoms. The first-order valence-electron chi connectivity index (χ1n) is 5.81. The van der Waals surface area contributed by atoms with Crippen LogP contribution in [0.15, 0.2) is 24.3 Å². The Morgan fingerprint density at radius 3 is 2.59 bits per heavy atom. The van der Waals surface area contributed by atoms with Gasteiger partial charge in [0.05, 0.1) is 5.92 Å². The maximum Gasteiger partial charge on any atom is 0.224 e. The number of hydrogen-bond donors (Lipinski definition) is 3. The van der Waals surface area contributed by atoms with E-state index in [1.54, 1.807) is 18.2 Å². The SMILES string of the molecule is CC(C)C(CN)C(=O)NCc1ccccc1O. The molecule has 1 aromatic carbocycles. The number of carbonyl (C=O) groups is 1. The van der Waals surface area contributed by atoms with Crippen LogP contribution >= 0.6 is 0 Å². The third kappa shape index (κ3) is 3.75. The van der Waals surface area contributed by atoms with Gasteiger partial charge in [-0.2, -0.15) is 0 Å². The normalized spacial score (nSPS) is 12.5. The summed E-state index contributed by atoms with van der Waals surface area (Å²) in [5, 5.41) is 12.3. The number of aromatic hydroxyl groups is 1. The zero-order chi connectivity index (χ0) is 12.8. The molecule has 17 heavy (non-hydrogen) atoms. The highest BCUT2D eigenvalue weighted by Crippen LogP contribution is 2.15. The van der Waals surface area contributed by atoms with Gasteiger partial charge in [0.2, 0.25) is 5.91 Å². The number of phenolic OH excluding ortho intramolecular Hbond substituents is 1. The van der Waals surface area contributed by atoms with Gasteiger partial charge in [-0.3, -0.25) is 4.79 Å². The number of rotatable bonds is 5. The summed E-state index contributed by atoms with van der Waals surface area (Å²) in [6.07, 6.45) is 0. The van der Waals surface area contributed by atoms with Gasteiger partial charge in [-0.1, -0.05) is 32.0 Å². The van der Waals surface area contributed by atoms with E-state index in [9.17, 15) is 9.90 Å². The van der Waals surface area contributed by atoms with E-state index < -0.39 is 0 Å². The summed E-state index contributed by atoms with van der Waals surface area (Å²) in [5.41, 5.74) is 6.27. The molecule has 94 valence electrons. The third-order valence-electron chi connectivity index (χ3n) is 2.84. The molecular formula is C13H20N2O2. The molecular weight excluding hydrogens is 216 g/mol. The molecule has 0 saturated carbocycles. The lowest BCUT2D eigenvalue weighted by molar-refractivity contribution is -0.126. The van der Waals surface area contributed by atoms with Crippen molar-refractivity contribution >= 4 is 5.91 Å². The van der Waals surface area contributed by atoms with Crippen LogP contribution in [0.1, 0.15) is 19.4 Å². The van der Waals surface area contributed by atoms with E-state index in [-0.39, 0.29) is 23.5 Å². The van der Waals surface area contributed by atoms with E-state index in [0.717, 1.165) is 0 Å². The lowest BCUT2D eigenvalue weighted by atomic mass is 9.95. The van der Waals surface area contributed by atoms with Crippen LogP contribution in [0.2, 0.25) is 0 Å². The van der Waals surface area contributed by atoms with Crippen molar-refractivity contribution in [1.29, 1.82) is 0 Å². The highest BCUT2D eigenvalue weighted by atomic mass is 16.3. The van der Waals surface area contributed by atoms with Gasteiger partial charge in [-0.15, -0.1) is 0 Å². The first-order chi connectivity index (χ1) is 8.06. The molecule has 1 aromatic rings. The van der Waals surface area contributed by atoms with E-state index in [4.69, 9.17) is 5.73 Å². The minimum absolute atomic E-state index is 0.0641. The second-order valence-corrected chi connectivity index (χ2v) is 4.43. The predicted molar refractivity (Wildman–Crippen MR) is 67.3 cm³/mol. The van der Waals surface area contributed by atoms with Crippen molar-refractivity contribution in [2.75, 3.05) is 6.54 Å². The van der Waals surface area contributed by atoms with Crippen molar-refractivity contribution in [3.05, 3.63) is 29.8 Å². The Balaban J connectivity index is 2.56. The van der Waals surface area contributed by atoms with Crippen LogP contribution in [0.3, 0.4) is 0 Å². The summed E-state index contributed by atoms with van der Waals surface area (Å²) in [5.74, 6) is 0.164. The lowest BCUT2D eigenvalue weighted by Crippen LogP contribution is -2.37. The quantitative estimate of drug-likeness (QED) is 0.720. The maximum absolute atomic E-state index is 11.8. The molecule has 0 aromatic heterocycles. The molecule has 1 unspecified atom stereocenters. The molecule has 4 N–H and O–H groups in total. The fourth-order valence-corrected chi connectivity index (χ4v) is 1.66. The van der Waals surface area contributed by atoms with E-state index in [1.807, 2.05) is 19.9 Å². The van der Waals surface area contributed by atoms with Gasteiger partial charge in [0.25, 0.3) is 0 Å². The van der Waals surface area contributed by atoms with Crippen LogP contribution in [0, 0.1) is 11.8 Å². The first-order valence-corrected chi connectivity index (χ1v) is 5.81. The van der Waals surface area contributed by atoms with Crippen LogP contribution in [-0.2, 0) is 11.3 Å². The van der Waals surface area contributed by atoms with Crippen molar-refractivity contribution in [3.63, 3.8) is 0 Å². The highest BCUT2D eigenvalue weighted by Gasteiger charge is 2.20. The second kappa shape index (κ2) is 6.25. The minimum atomic E-state index is -0.180. The molecule has 0 aliphatic carbocycles. The summed E-state index contributed by atoms with van der Waals surface area (Å²) in [4.78, 5) is 11.8. The highest BCUT2D eigenvalue weighted by molar-refractivity contribution is 5.79. The Labute approximate surface area is 102 Å². The topological polar surface area (TPSA) is 75.4 Å². The van der Waals surface area contributed by atoms with Gasteiger partial charge in [0, 0.05) is 18.7 Å². The summed E-state index contributed by atoms with van der Waals surface area (Å²) < 4.78 is 0. The van der Waals surface area contributed by atoms with Gasteiger partial charge >= 0.3 is 0 Å². The lowest BCUT2D eigenvalue weighted by Gasteiger charge is -2.18. The molecule has 0 spiro atoms. The third-order valence-corrected chi connectivity index (χ3v) is 2.84. The van der Waals surface area contributed by atoms with Crippen LogP contribution in [0.5, 0.6) is 5.75 Å². The van der Waals surface area contributed by atoms with Gasteiger partial charge in [0.15, 0.2) is 0 Å². The second-order valence-electron chi connectivity index (χ2n) is 4.43. The van der Waals surface area contributed by atoms with Crippen LogP contribution < -0.4 is 11.1 Å². The van der Waals surface area contributed by atoms with E-state index >= 15 is 0 Å². The molecule has 0 saturated heterocycles. The number of para-hydroxylation sites is 1. The van der Waals surface area contributed by atoms with Crippen molar-refractivity contribution in [2.24, 2.45) is 17.6 Å². The minimum Gasteiger partial charge on any atom is -0.508 e. The first kappa shape index (κ1) is 13.5. The van der Waals surface area contributed by atoms with Gasteiger partial charge < -0.3 is 16.2 Å². The number of amides is 1. The largest absolute Gasteiger partial charge is 0.508 e. The number of phenols is 1. The van der Waals surface area contributed by atoms with E-state index in [0.29, 0.717) is 18.7 Å². The standard InChI is InChI=1S/C13H20N2O2/c1-9(2)11(7-14)13(17)15-8-10-5-3-4-6-12(10)16/h3-6,9,11,16H,7-8,14H2,1-2H3,(H,15,17). The van der Waals surface area contributed by atoms with Crippen molar-refractivity contribution in [2.45, 2.75) is 20.4 Å². The summed E-state index contributed by atoms with van der Waals surface area (Å²) in [6.45, 7) is 4.60. The number of nitrogens with one attached hydrogen (secondary N) is 1. The Morgan fingerprint density at radius 1 is 1.41 bits per heavy atom. The summed E-state index contributed by atoms with van der Waals surface area (Å²) >= 11 is 0. The Hall–Kier alpha value is -1.55. The number of carbonyl (C=O) groups excluding carboxylic acids is 1. The van der Waals surface area contributed by atoms with Gasteiger partial charge in [-0.05, 0) is 12.0 Å². The fourth-order valence-electron chi connectivity index (χ4n) is 1.66. The molecule has 1 amide bonds. The molecule has 0 radical (unpaired) electrons. The molecule has 1 rings (SSSR count). The van der Waals surface area contributed by atoms with Crippen LogP contribution in [0.25, 0.3) is 0 Å². The molecule has 0 aliphatic heterocycles. The molecule has 4 heteroatoms. The zero-order valence-corrected chi connectivity index (χ0v) is 10.3. The molecule has 4 nitrogen and oxygen atoms in total. The molecule has 1 atom stereocenters. The average molecular weight is 236 g/mol. The van der Waals surface area contributed by atoms with Crippen molar-refractivity contribution < 1.29 is 9.90 Å². The number of benzene rings is 1. The average Bonchev–Trinajstić information content (AvgIpc) is 2.28. The van der Waals surface area contributed by atoms with Crippen molar-refractivity contribution in [3.8, 4) is 5.75 Å². The van der Waals surface area contributed by atoms with Crippen LogP contribution in [-0.4, -0.2) is 17.6 Å². The Bertz CT molecular complexity index is 377. The smallest absolute Gasteiger partial charge is 0.224 e. The maximum atomic E-state index is 11.8. The van der Waals surface area contributed by atoms with Crippen LogP contribution in [0.4, 0.5) is 0 Å². The molecule has 0 heterocycles. The van der Waals surface area contributed by atoms with Gasteiger partial charge in [0.1, 0.15) is 5.75 Å². The van der Waals surface area contributed by atoms with Crippen molar-refractivity contribution in [1.82, 2.24) is 5.32 Å². The summed E-state index contributed by atoms with van der Waals surface area (Å²) in [6, 6.07) is 6.95. The fraction of sp³-hybridized carbons (Fsp3) is 0.462. The van der Waals surface area contributed by atoms with E-state index in [1.165, 1.54) is 0 Å². The Morgan fingerprint density at radius 2 is 2.06 bits per heavy atom. The predicted octanol–water partition coefficient (Wildman–Crippen LogP) is 1.24. The monoisotopic (exact) mass is 236 g/mol. The number of nitrogens with two attached hydrogens (primary N) is 1. The molecule has 0 fully saturated rings. The zero-order valence-electron chi connectivity index (χ0n) is 10.3. The molecule has 0 aliphatic rings. The Kier molecular flexibility index (Phi) is 4.97.